The predicted molar refractivity (Wildman–Crippen MR) is 136 cm³/mol. The van der Waals surface area contributed by atoms with Crippen LogP contribution >= 0.6 is 0 Å². The molecule has 9 nitrogen and oxygen atoms in total. The zero-order chi connectivity index (χ0) is 27.2. The summed E-state index contributed by atoms with van der Waals surface area (Å²) >= 11 is 0. The van der Waals surface area contributed by atoms with Gasteiger partial charge in [0.15, 0.2) is 0 Å². The fourth-order valence-corrected chi connectivity index (χ4v) is 6.22. The Labute approximate surface area is 222 Å². The van der Waals surface area contributed by atoms with E-state index in [1.54, 1.807) is 32.9 Å². The van der Waals surface area contributed by atoms with Crippen molar-refractivity contribution in [3.63, 3.8) is 0 Å². The molecule has 204 valence electrons. The van der Waals surface area contributed by atoms with Crippen molar-refractivity contribution in [1.29, 1.82) is 5.26 Å². The van der Waals surface area contributed by atoms with Gasteiger partial charge in [0.05, 0.1) is 18.2 Å². The van der Waals surface area contributed by atoms with Crippen LogP contribution < -0.4 is 5.32 Å². The Morgan fingerprint density at radius 1 is 1.21 bits per heavy atom. The Morgan fingerprint density at radius 2 is 1.92 bits per heavy atom. The van der Waals surface area contributed by atoms with Gasteiger partial charge < -0.3 is 19.9 Å². The van der Waals surface area contributed by atoms with Gasteiger partial charge in [-0.05, 0) is 76.5 Å². The molecule has 3 heterocycles. The highest BCUT2D eigenvalue weighted by Gasteiger charge is 2.55. The molecule has 5 rings (SSSR count). The molecule has 0 aromatic heterocycles. The highest BCUT2D eigenvalue weighted by molar-refractivity contribution is 5.88. The summed E-state index contributed by atoms with van der Waals surface area (Å²) in [5.41, 5.74) is 0.222. The SMILES string of the molecule is CC(C)(C)OC(=O)N[C@@H](CN1C[C@H]2C[C@@H]1C(=O)N2[C@@H](c1ccc(F)cc1)C1CC1)C(=O)N1CCC[C@H]1C#N. The van der Waals surface area contributed by atoms with E-state index in [1.807, 2.05) is 9.80 Å². The number of nitrogens with zero attached hydrogens (tertiary/aromatic N) is 4. The lowest BCUT2D eigenvalue weighted by Gasteiger charge is -2.40. The topological polar surface area (TPSA) is 106 Å². The van der Waals surface area contributed by atoms with Crippen molar-refractivity contribution in [3.8, 4) is 6.07 Å². The third-order valence-corrected chi connectivity index (χ3v) is 7.99. The maximum atomic E-state index is 13.7. The summed E-state index contributed by atoms with van der Waals surface area (Å²) in [4.78, 5) is 45.3. The van der Waals surface area contributed by atoms with Crippen LogP contribution in [0, 0.1) is 23.1 Å². The van der Waals surface area contributed by atoms with Gasteiger partial charge in [0.25, 0.3) is 0 Å². The molecule has 3 amide bonds. The van der Waals surface area contributed by atoms with Crippen LogP contribution in [0.3, 0.4) is 0 Å². The number of ether oxygens (including phenoxy) is 1. The average molecular weight is 526 g/mol. The summed E-state index contributed by atoms with van der Waals surface area (Å²) in [5.74, 6) is -0.233. The number of fused-ring (bicyclic) bond motifs is 2. The van der Waals surface area contributed by atoms with Gasteiger partial charge in [0.1, 0.15) is 23.5 Å². The van der Waals surface area contributed by atoms with E-state index in [2.05, 4.69) is 11.4 Å². The van der Waals surface area contributed by atoms with E-state index in [0.29, 0.717) is 31.8 Å². The minimum Gasteiger partial charge on any atom is -0.444 e. The van der Waals surface area contributed by atoms with Gasteiger partial charge in [0, 0.05) is 25.7 Å². The molecule has 4 fully saturated rings. The molecule has 5 atom stereocenters. The van der Waals surface area contributed by atoms with Crippen LogP contribution in [-0.2, 0) is 14.3 Å². The van der Waals surface area contributed by atoms with Crippen LogP contribution in [0.1, 0.15) is 64.5 Å². The quantitative estimate of drug-likeness (QED) is 0.587. The predicted octanol–water partition coefficient (Wildman–Crippen LogP) is 2.97. The van der Waals surface area contributed by atoms with E-state index >= 15 is 0 Å². The number of amides is 3. The van der Waals surface area contributed by atoms with Crippen molar-refractivity contribution in [3.05, 3.63) is 35.6 Å². The molecule has 10 heteroatoms. The van der Waals surface area contributed by atoms with Gasteiger partial charge in [-0.2, -0.15) is 5.26 Å². The number of piperazine rings is 1. The van der Waals surface area contributed by atoms with E-state index in [0.717, 1.165) is 24.8 Å². The maximum Gasteiger partial charge on any atom is 0.408 e. The summed E-state index contributed by atoms with van der Waals surface area (Å²) < 4.78 is 19.0. The molecule has 3 saturated heterocycles. The molecule has 1 N–H and O–H groups in total. The van der Waals surface area contributed by atoms with Crippen molar-refractivity contribution in [2.24, 2.45) is 5.92 Å². The van der Waals surface area contributed by atoms with E-state index in [1.165, 1.54) is 17.0 Å². The number of hydrogen-bond donors (Lipinski definition) is 1. The minimum absolute atomic E-state index is 0.0147. The molecule has 0 radical (unpaired) electrons. The first-order chi connectivity index (χ1) is 18.1. The van der Waals surface area contributed by atoms with Crippen molar-refractivity contribution in [1.82, 2.24) is 20.0 Å². The number of likely N-dealkylation sites (tertiary alicyclic amines) is 3. The summed E-state index contributed by atoms with van der Waals surface area (Å²) in [7, 11) is 0. The Kier molecular flexibility index (Phi) is 7.07. The van der Waals surface area contributed by atoms with Gasteiger partial charge in [-0.15, -0.1) is 0 Å². The normalized spacial score (nSPS) is 26.8. The second kappa shape index (κ2) is 10.2. The Balaban J connectivity index is 1.32. The second-order valence-corrected chi connectivity index (χ2v) is 12.0. The smallest absolute Gasteiger partial charge is 0.408 e. The number of carbonyl (C=O) groups excluding carboxylic acids is 3. The molecule has 1 saturated carbocycles. The zero-order valence-corrected chi connectivity index (χ0v) is 22.2. The molecule has 0 unspecified atom stereocenters. The standard InChI is InChI=1S/C28H36FN5O4/c1-28(2,3)38-27(37)31-22(25(35)33-12-4-5-20(33)14-30)16-32-15-21-13-23(32)26(36)34(21)24(17-6-7-17)18-8-10-19(29)11-9-18/h8-11,17,20-24H,4-7,12-13,15-16H2,1-3H3,(H,31,37)/t20-,21+,22-,23+,24+/m0/s1. The highest BCUT2D eigenvalue weighted by atomic mass is 19.1. The van der Waals surface area contributed by atoms with Crippen LogP contribution in [0.5, 0.6) is 0 Å². The summed E-state index contributed by atoms with van der Waals surface area (Å²) in [6.07, 6.45) is 3.37. The highest BCUT2D eigenvalue weighted by Crippen LogP contribution is 2.49. The van der Waals surface area contributed by atoms with E-state index in [-0.39, 0.29) is 42.3 Å². The molecule has 0 spiro atoms. The molecule has 3 aliphatic heterocycles. The summed E-state index contributed by atoms with van der Waals surface area (Å²) in [5, 5.41) is 12.2. The molecule has 38 heavy (non-hydrogen) atoms. The number of nitriles is 1. The fourth-order valence-electron chi connectivity index (χ4n) is 6.22. The van der Waals surface area contributed by atoms with Gasteiger partial charge in [-0.1, -0.05) is 12.1 Å². The molecule has 1 aliphatic carbocycles. The lowest BCUT2D eigenvalue weighted by molar-refractivity contribution is -0.142. The van der Waals surface area contributed by atoms with Crippen molar-refractivity contribution >= 4 is 17.9 Å². The molecular weight excluding hydrogens is 489 g/mol. The number of benzene rings is 1. The Bertz CT molecular complexity index is 1130. The largest absolute Gasteiger partial charge is 0.444 e. The number of alkyl carbamates (subject to hydrolysis) is 1. The van der Waals surface area contributed by atoms with Crippen molar-refractivity contribution in [2.75, 3.05) is 19.6 Å². The molecule has 1 aromatic carbocycles. The van der Waals surface area contributed by atoms with Crippen molar-refractivity contribution < 1.29 is 23.5 Å². The minimum atomic E-state index is -0.935. The molecule has 1 aromatic rings. The second-order valence-electron chi connectivity index (χ2n) is 12.0. The lowest BCUT2D eigenvalue weighted by atomic mass is 9.99. The van der Waals surface area contributed by atoms with E-state index in [9.17, 15) is 24.0 Å². The maximum absolute atomic E-state index is 13.7. The zero-order valence-electron chi connectivity index (χ0n) is 22.2. The number of carbonyl (C=O) groups is 3. The van der Waals surface area contributed by atoms with Crippen LogP contribution in [-0.4, -0.2) is 82.0 Å². The average Bonchev–Trinajstić information content (AvgIpc) is 3.29. The molecular formula is C28H36FN5O4. The van der Waals surface area contributed by atoms with Crippen LogP contribution in [0.2, 0.25) is 0 Å². The van der Waals surface area contributed by atoms with Gasteiger partial charge >= 0.3 is 6.09 Å². The third-order valence-electron chi connectivity index (χ3n) is 7.99. The molecule has 4 aliphatic rings. The molecule has 2 bridgehead atoms. The van der Waals surface area contributed by atoms with Gasteiger partial charge in [0.2, 0.25) is 11.8 Å². The first-order valence-corrected chi connectivity index (χ1v) is 13.6. The monoisotopic (exact) mass is 525 g/mol. The summed E-state index contributed by atoms with van der Waals surface area (Å²) in [6.45, 7) is 6.46. The number of rotatable bonds is 7. The number of nitrogens with one attached hydrogen (secondary N) is 1. The van der Waals surface area contributed by atoms with E-state index < -0.39 is 23.8 Å². The Hall–Kier alpha value is -3.19. The van der Waals surface area contributed by atoms with Gasteiger partial charge in [-0.3, -0.25) is 14.5 Å². The number of halogens is 1. The van der Waals surface area contributed by atoms with Crippen molar-refractivity contribution in [2.45, 2.75) is 88.7 Å². The summed E-state index contributed by atoms with van der Waals surface area (Å²) in [6, 6.07) is 6.70. The first kappa shape index (κ1) is 26.4. The van der Waals surface area contributed by atoms with Crippen LogP contribution in [0.25, 0.3) is 0 Å². The van der Waals surface area contributed by atoms with Gasteiger partial charge in [-0.25, -0.2) is 9.18 Å². The van der Waals surface area contributed by atoms with Crippen LogP contribution in [0.15, 0.2) is 24.3 Å². The first-order valence-electron chi connectivity index (χ1n) is 13.6. The lowest BCUT2D eigenvalue weighted by Crippen LogP contribution is -2.59. The van der Waals surface area contributed by atoms with Crippen LogP contribution in [0.4, 0.5) is 9.18 Å². The third kappa shape index (κ3) is 5.35. The van der Waals surface area contributed by atoms with E-state index in [4.69, 9.17) is 4.74 Å². The fraction of sp³-hybridized carbons (Fsp3) is 0.643. The number of hydrogen-bond acceptors (Lipinski definition) is 6. The Morgan fingerprint density at radius 3 is 2.53 bits per heavy atom.